The molecule has 0 saturated carbocycles. The van der Waals surface area contributed by atoms with Crippen LogP contribution in [0.5, 0.6) is 5.75 Å². The predicted octanol–water partition coefficient (Wildman–Crippen LogP) is -2.77. The minimum absolute atomic E-state index is 0.605. The average molecular weight is 264 g/mol. The van der Waals surface area contributed by atoms with Gasteiger partial charge >= 0.3 is 0 Å². The van der Waals surface area contributed by atoms with Gasteiger partial charge in [0.2, 0.25) is 0 Å². The van der Waals surface area contributed by atoms with Gasteiger partial charge < -0.3 is 19.9 Å². The van der Waals surface area contributed by atoms with Crippen molar-refractivity contribution in [2.45, 2.75) is 12.6 Å². The Balaban J connectivity index is 1.89. The smallest absolute Gasteiger partial charge is 0.167 e. The molecule has 1 aromatic rings. The molecule has 1 aromatic carbocycles. The second kappa shape index (κ2) is 5.49. The predicted molar refractivity (Wildman–Crippen MR) is 73.5 cm³/mol. The van der Waals surface area contributed by atoms with E-state index in [1.165, 1.54) is 43.9 Å². The summed E-state index contributed by atoms with van der Waals surface area (Å²) < 4.78 is 5.62. The van der Waals surface area contributed by atoms with Crippen LogP contribution < -0.4 is 19.9 Å². The Kier molecular flexibility index (Phi) is 3.73. The van der Waals surface area contributed by atoms with Crippen LogP contribution in [0, 0.1) is 0 Å². The van der Waals surface area contributed by atoms with Crippen molar-refractivity contribution in [3.8, 4) is 5.75 Å². The van der Waals surface area contributed by atoms with Crippen LogP contribution in [0.25, 0.3) is 0 Å². The zero-order valence-electron chi connectivity index (χ0n) is 12.0. The molecular formula is C15H26N3O+3. The van der Waals surface area contributed by atoms with Crippen molar-refractivity contribution in [1.82, 2.24) is 0 Å². The molecule has 2 aliphatic heterocycles. The molecule has 2 aliphatic rings. The van der Waals surface area contributed by atoms with E-state index in [-0.39, 0.29) is 0 Å². The molecule has 3 rings (SSSR count). The number of fused-ring (bicyclic) bond motifs is 1. The second-order valence-corrected chi connectivity index (χ2v) is 5.93. The summed E-state index contributed by atoms with van der Waals surface area (Å²) in [5, 5.41) is 2.45. The molecule has 1 atom stereocenters. The van der Waals surface area contributed by atoms with Gasteiger partial charge in [0.25, 0.3) is 0 Å². The molecule has 1 fully saturated rings. The molecule has 0 spiro atoms. The summed E-state index contributed by atoms with van der Waals surface area (Å²) in [4.78, 5) is 3.41. The highest BCUT2D eigenvalue weighted by Crippen LogP contribution is 2.28. The topological polar surface area (TPSA) is 34.7 Å². The van der Waals surface area contributed by atoms with Crippen molar-refractivity contribution in [1.29, 1.82) is 0 Å². The molecule has 0 aliphatic carbocycles. The second-order valence-electron chi connectivity index (χ2n) is 5.93. The third-order valence-corrected chi connectivity index (χ3v) is 4.73. The maximum absolute atomic E-state index is 5.62. The first-order valence-corrected chi connectivity index (χ1v) is 7.43. The summed E-state index contributed by atoms with van der Waals surface area (Å²) in [5.41, 5.74) is 2.94. The fraction of sp³-hybridized carbons (Fsp3) is 0.600. The van der Waals surface area contributed by atoms with E-state index in [1.54, 1.807) is 16.9 Å². The number of methoxy groups -OCH3 is 1. The maximum atomic E-state index is 5.62. The number of benzene rings is 1. The normalized spacial score (nSPS) is 30.7. The van der Waals surface area contributed by atoms with Crippen LogP contribution in [-0.2, 0) is 6.54 Å². The van der Waals surface area contributed by atoms with Gasteiger partial charge in [-0.05, 0) is 6.07 Å². The third kappa shape index (κ3) is 2.48. The fourth-order valence-electron chi connectivity index (χ4n) is 3.58. The average Bonchev–Trinajstić information content (AvgIpc) is 2.47. The van der Waals surface area contributed by atoms with Crippen LogP contribution >= 0.6 is 0 Å². The summed E-state index contributed by atoms with van der Waals surface area (Å²) >= 11 is 0. The van der Waals surface area contributed by atoms with Crippen LogP contribution in [0.15, 0.2) is 18.2 Å². The standard InChI is InChI=1S/C15H23N3O/c1-17-6-8-18(9-7-17)13-11-16-10-12-4-3-5-14(19-2)15(12)13/h3-5,13,16H,6-11H2,1-2H3/p+3/t13-/m1/s1. The number of nitrogens with two attached hydrogens (primary N) is 1. The summed E-state index contributed by atoms with van der Waals surface area (Å²) in [7, 11) is 4.10. The van der Waals surface area contributed by atoms with E-state index in [4.69, 9.17) is 4.74 Å². The van der Waals surface area contributed by atoms with E-state index in [0.29, 0.717) is 6.04 Å². The summed E-state index contributed by atoms with van der Waals surface area (Å²) in [6.45, 7) is 7.43. The van der Waals surface area contributed by atoms with Crippen molar-refractivity contribution in [2.75, 3.05) is 46.9 Å². The minimum atomic E-state index is 0.605. The van der Waals surface area contributed by atoms with Crippen LogP contribution in [0.4, 0.5) is 0 Å². The van der Waals surface area contributed by atoms with E-state index >= 15 is 0 Å². The molecule has 0 unspecified atom stereocenters. The molecular weight excluding hydrogens is 238 g/mol. The number of hydrogen-bond acceptors (Lipinski definition) is 1. The van der Waals surface area contributed by atoms with Gasteiger partial charge in [-0.1, -0.05) is 12.1 Å². The Hall–Kier alpha value is -1.10. The van der Waals surface area contributed by atoms with Gasteiger partial charge in [-0.2, -0.15) is 0 Å². The molecule has 0 aromatic heterocycles. The van der Waals surface area contributed by atoms with Crippen LogP contribution in [0.3, 0.4) is 0 Å². The molecule has 1 saturated heterocycles. The van der Waals surface area contributed by atoms with Crippen LogP contribution in [0.2, 0.25) is 0 Å². The molecule has 4 heteroatoms. The molecule has 4 nitrogen and oxygen atoms in total. The van der Waals surface area contributed by atoms with Crippen molar-refractivity contribution in [3.63, 3.8) is 0 Å². The molecule has 0 bridgehead atoms. The van der Waals surface area contributed by atoms with Gasteiger partial charge in [-0.3, -0.25) is 0 Å². The van der Waals surface area contributed by atoms with Gasteiger partial charge in [-0.25, -0.2) is 0 Å². The Morgan fingerprint density at radius 3 is 2.74 bits per heavy atom. The zero-order chi connectivity index (χ0) is 13.2. The summed E-state index contributed by atoms with van der Waals surface area (Å²) in [5.74, 6) is 1.09. The van der Waals surface area contributed by atoms with Gasteiger partial charge in [-0.15, -0.1) is 0 Å². The number of rotatable bonds is 2. The number of nitrogens with one attached hydrogen (secondary N) is 2. The van der Waals surface area contributed by atoms with Crippen molar-refractivity contribution in [3.05, 3.63) is 29.3 Å². The first-order chi connectivity index (χ1) is 9.29. The minimum Gasteiger partial charge on any atom is -0.496 e. The lowest BCUT2D eigenvalue weighted by Gasteiger charge is -2.35. The quantitative estimate of drug-likeness (QED) is 0.531. The van der Waals surface area contributed by atoms with Gasteiger partial charge in [0, 0.05) is 5.56 Å². The first-order valence-electron chi connectivity index (χ1n) is 7.43. The summed E-state index contributed by atoms with van der Waals surface area (Å²) in [6, 6.07) is 7.12. The van der Waals surface area contributed by atoms with Crippen molar-refractivity contribution in [2.24, 2.45) is 0 Å². The highest BCUT2D eigenvalue weighted by molar-refractivity contribution is 5.42. The number of piperazine rings is 1. The van der Waals surface area contributed by atoms with E-state index in [9.17, 15) is 0 Å². The van der Waals surface area contributed by atoms with E-state index < -0.39 is 0 Å². The number of quaternary nitrogens is 3. The highest BCUT2D eigenvalue weighted by atomic mass is 16.5. The fourth-order valence-corrected chi connectivity index (χ4v) is 3.58. The number of likely N-dealkylation sites (N-methyl/N-ethyl adjacent to an activating group) is 1. The van der Waals surface area contributed by atoms with E-state index in [2.05, 4.69) is 30.6 Å². The SMILES string of the molecule is COc1cccc2c1[C@H]([NH+]1CC[NH+](C)CC1)C[NH2+]C2. The molecule has 2 heterocycles. The monoisotopic (exact) mass is 264 g/mol. The Morgan fingerprint density at radius 2 is 2.00 bits per heavy atom. The third-order valence-electron chi connectivity index (χ3n) is 4.73. The molecule has 104 valence electrons. The van der Waals surface area contributed by atoms with Gasteiger partial charge in [0.05, 0.1) is 19.7 Å². The number of hydrogen-bond donors (Lipinski definition) is 3. The van der Waals surface area contributed by atoms with E-state index in [0.717, 1.165) is 12.3 Å². The van der Waals surface area contributed by atoms with E-state index in [1.807, 2.05) is 0 Å². The zero-order valence-corrected chi connectivity index (χ0v) is 12.0. The lowest BCUT2D eigenvalue weighted by Crippen LogP contribution is -3.28. The largest absolute Gasteiger partial charge is 0.496 e. The van der Waals surface area contributed by atoms with Crippen molar-refractivity contribution < 1.29 is 19.9 Å². The Labute approximate surface area is 115 Å². The lowest BCUT2D eigenvalue weighted by atomic mass is 9.94. The lowest BCUT2D eigenvalue weighted by molar-refractivity contribution is -1.03. The molecule has 0 amide bonds. The number of ether oxygens (including phenoxy) is 1. The maximum Gasteiger partial charge on any atom is 0.167 e. The van der Waals surface area contributed by atoms with Gasteiger partial charge in [0.1, 0.15) is 45.0 Å². The van der Waals surface area contributed by atoms with Crippen molar-refractivity contribution >= 4 is 0 Å². The van der Waals surface area contributed by atoms with Crippen LogP contribution in [-0.4, -0.2) is 46.9 Å². The van der Waals surface area contributed by atoms with Gasteiger partial charge in [0.15, 0.2) is 6.04 Å². The molecule has 19 heavy (non-hydrogen) atoms. The Morgan fingerprint density at radius 1 is 1.21 bits per heavy atom. The highest BCUT2D eigenvalue weighted by Gasteiger charge is 2.36. The Bertz CT molecular complexity index is 427. The molecule has 0 radical (unpaired) electrons. The summed E-state index contributed by atoms with van der Waals surface area (Å²) in [6.07, 6.45) is 0. The first kappa shape index (κ1) is 12.9. The molecule has 4 N–H and O–H groups in total. The van der Waals surface area contributed by atoms with Crippen LogP contribution in [0.1, 0.15) is 17.2 Å².